The fraction of sp³-hybridized carbons (Fsp3) is 0.391. The number of allylic oxidation sites excluding steroid dienone is 1. The van der Waals surface area contributed by atoms with Gasteiger partial charge in [-0.15, -0.1) is 22.7 Å². The van der Waals surface area contributed by atoms with Gasteiger partial charge in [-0.05, 0) is 44.0 Å². The summed E-state index contributed by atoms with van der Waals surface area (Å²) in [6.45, 7) is 8.15. The van der Waals surface area contributed by atoms with Crippen molar-refractivity contribution >= 4 is 34.6 Å². The van der Waals surface area contributed by atoms with Gasteiger partial charge >= 0.3 is 11.9 Å². The molecular weight excluding hydrogens is 404 g/mol. The van der Waals surface area contributed by atoms with Gasteiger partial charge in [-0.2, -0.15) is 0 Å². The Hall–Kier alpha value is -2.36. The highest BCUT2D eigenvalue weighted by molar-refractivity contribution is 7.22. The number of carbonyl (C=O) groups is 2. The summed E-state index contributed by atoms with van der Waals surface area (Å²) in [6, 6.07) is 8.05. The van der Waals surface area contributed by atoms with Crippen molar-refractivity contribution in [3.8, 4) is 21.6 Å². The van der Waals surface area contributed by atoms with Gasteiger partial charge in [-0.25, -0.2) is 4.79 Å². The average molecular weight is 431 g/mol. The van der Waals surface area contributed by atoms with E-state index in [-0.39, 0.29) is 18.5 Å². The van der Waals surface area contributed by atoms with Crippen molar-refractivity contribution in [3.05, 3.63) is 45.7 Å². The Bertz CT molecular complexity index is 922. The fourth-order valence-corrected chi connectivity index (χ4v) is 4.14. The molecule has 0 aliphatic rings. The third-order valence-corrected chi connectivity index (χ3v) is 6.14. The van der Waals surface area contributed by atoms with Crippen LogP contribution in [-0.2, 0) is 25.7 Å². The molecule has 0 fully saturated rings. The molecular formula is C23H26O4S2. The lowest BCUT2D eigenvalue weighted by Crippen LogP contribution is -2.08. The Kier molecular flexibility index (Phi) is 9.17. The SMILES string of the molecule is CC=C(C)C(=O)OCc1ccc(-c2ccc(C#CCCOC(=O)CC(C)C)s2)s1. The molecule has 0 amide bonds. The fourth-order valence-electron chi connectivity index (χ4n) is 2.25. The van der Waals surface area contributed by atoms with Gasteiger partial charge in [-0.3, -0.25) is 4.79 Å². The van der Waals surface area contributed by atoms with Crippen LogP contribution in [-0.4, -0.2) is 18.5 Å². The summed E-state index contributed by atoms with van der Waals surface area (Å²) >= 11 is 3.23. The van der Waals surface area contributed by atoms with E-state index in [0.717, 1.165) is 19.5 Å². The van der Waals surface area contributed by atoms with Crippen molar-refractivity contribution in [1.29, 1.82) is 0 Å². The Balaban J connectivity index is 1.84. The second kappa shape index (κ2) is 11.6. The zero-order valence-electron chi connectivity index (χ0n) is 17.2. The van der Waals surface area contributed by atoms with Crippen LogP contribution >= 0.6 is 22.7 Å². The first-order valence-corrected chi connectivity index (χ1v) is 11.2. The van der Waals surface area contributed by atoms with E-state index in [1.54, 1.807) is 35.7 Å². The number of hydrogen-bond donors (Lipinski definition) is 0. The Labute approximate surface area is 180 Å². The predicted molar refractivity (Wildman–Crippen MR) is 119 cm³/mol. The average Bonchev–Trinajstić information content (AvgIpc) is 3.33. The molecule has 0 aromatic carbocycles. The van der Waals surface area contributed by atoms with E-state index in [0.29, 0.717) is 30.9 Å². The predicted octanol–water partition coefficient (Wildman–Crippen LogP) is 5.82. The maximum absolute atomic E-state index is 11.7. The summed E-state index contributed by atoms with van der Waals surface area (Å²) in [5, 5.41) is 0. The van der Waals surface area contributed by atoms with Gasteiger partial charge in [0, 0.05) is 33.0 Å². The van der Waals surface area contributed by atoms with Crippen LogP contribution in [0.4, 0.5) is 0 Å². The highest BCUT2D eigenvalue weighted by Gasteiger charge is 2.09. The molecule has 2 aromatic heterocycles. The van der Waals surface area contributed by atoms with Gasteiger partial charge in [-0.1, -0.05) is 31.8 Å². The highest BCUT2D eigenvalue weighted by atomic mass is 32.1. The van der Waals surface area contributed by atoms with Crippen LogP contribution in [0.25, 0.3) is 9.75 Å². The first-order chi connectivity index (χ1) is 13.9. The summed E-state index contributed by atoms with van der Waals surface area (Å²) in [7, 11) is 0. The molecule has 0 atom stereocenters. The Morgan fingerprint density at radius 1 is 1.10 bits per heavy atom. The van der Waals surface area contributed by atoms with E-state index >= 15 is 0 Å². The van der Waals surface area contributed by atoms with Crippen LogP contribution in [0.15, 0.2) is 35.9 Å². The molecule has 0 aliphatic heterocycles. The lowest BCUT2D eigenvalue weighted by Gasteiger charge is -2.03. The first kappa shape index (κ1) is 22.9. The summed E-state index contributed by atoms with van der Waals surface area (Å²) in [4.78, 5) is 27.4. The second-order valence-corrected chi connectivity index (χ2v) is 9.10. The van der Waals surface area contributed by atoms with E-state index in [1.807, 2.05) is 45.0 Å². The molecule has 2 rings (SSSR count). The zero-order chi connectivity index (χ0) is 21.2. The minimum absolute atomic E-state index is 0.166. The van der Waals surface area contributed by atoms with E-state index in [9.17, 15) is 9.59 Å². The summed E-state index contributed by atoms with van der Waals surface area (Å²) < 4.78 is 10.5. The van der Waals surface area contributed by atoms with E-state index in [2.05, 4.69) is 11.8 Å². The molecule has 2 heterocycles. The third-order valence-electron chi connectivity index (χ3n) is 3.89. The summed E-state index contributed by atoms with van der Waals surface area (Å²) in [5.74, 6) is 6.03. The minimum atomic E-state index is -0.286. The van der Waals surface area contributed by atoms with Crippen molar-refractivity contribution in [2.45, 2.75) is 47.1 Å². The van der Waals surface area contributed by atoms with Crippen LogP contribution in [0.1, 0.15) is 50.3 Å². The lowest BCUT2D eigenvalue weighted by atomic mass is 10.1. The van der Waals surface area contributed by atoms with Crippen molar-refractivity contribution < 1.29 is 19.1 Å². The number of esters is 2. The molecule has 4 nitrogen and oxygen atoms in total. The Morgan fingerprint density at radius 3 is 2.55 bits per heavy atom. The second-order valence-electron chi connectivity index (χ2n) is 6.85. The van der Waals surface area contributed by atoms with Gasteiger partial charge in [0.15, 0.2) is 0 Å². The molecule has 0 bridgehead atoms. The molecule has 0 radical (unpaired) electrons. The van der Waals surface area contributed by atoms with E-state index in [4.69, 9.17) is 9.47 Å². The Morgan fingerprint density at radius 2 is 1.83 bits per heavy atom. The van der Waals surface area contributed by atoms with Crippen LogP contribution in [0.2, 0.25) is 0 Å². The van der Waals surface area contributed by atoms with Crippen molar-refractivity contribution in [2.24, 2.45) is 5.92 Å². The molecule has 0 saturated carbocycles. The summed E-state index contributed by atoms with van der Waals surface area (Å²) in [5.41, 5.74) is 0.609. The van der Waals surface area contributed by atoms with Gasteiger partial charge < -0.3 is 9.47 Å². The number of carbonyl (C=O) groups excluding carboxylic acids is 2. The molecule has 0 saturated heterocycles. The molecule has 0 aliphatic carbocycles. The lowest BCUT2D eigenvalue weighted by molar-refractivity contribution is -0.144. The smallest absolute Gasteiger partial charge is 0.333 e. The maximum Gasteiger partial charge on any atom is 0.333 e. The first-order valence-electron chi connectivity index (χ1n) is 9.52. The zero-order valence-corrected chi connectivity index (χ0v) is 18.9. The monoisotopic (exact) mass is 430 g/mol. The molecule has 154 valence electrons. The van der Waals surface area contributed by atoms with Gasteiger partial charge in [0.2, 0.25) is 0 Å². The maximum atomic E-state index is 11.7. The molecule has 6 heteroatoms. The number of rotatable bonds is 8. The van der Waals surface area contributed by atoms with Crippen molar-refractivity contribution in [1.82, 2.24) is 0 Å². The highest BCUT2D eigenvalue weighted by Crippen LogP contribution is 2.33. The van der Waals surface area contributed by atoms with Gasteiger partial charge in [0.05, 0.1) is 4.88 Å². The van der Waals surface area contributed by atoms with E-state index in [1.165, 1.54) is 0 Å². The van der Waals surface area contributed by atoms with Crippen LogP contribution in [0.5, 0.6) is 0 Å². The van der Waals surface area contributed by atoms with Crippen LogP contribution in [0, 0.1) is 17.8 Å². The number of ether oxygens (including phenoxy) is 2. The minimum Gasteiger partial charge on any atom is -0.465 e. The quantitative estimate of drug-likeness (QED) is 0.229. The molecule has 0 spiro atoms. The van der Waals surface area contributed by atoms with Crippen molar-refractivity contribution in [3.63, 3.8) is 0 Å². The van der Waals surface area contributed by atoms with Crippen LogP contribution in [0.3, 0.4) is 0 Å². The van der Waals surface area contributed by atoms with Crippen molar-refractivity contribution in [2.75, 3.05) is 6.61 Å². The molecule has 2 aromatic rings. The molecule has 29 heavy (non-hydrogen) atoms. The molecule has 0 unspecified atom stereocenters. The summed E-state index contributed by atoms with van der Waals surface area (Å²) in [6.07, 6.45) is 2.71. The number of thiophene rings is 2. The molecule has 0 N–H and O–H groups in total. The number of hydrogen-bond acceptors (Lipinski definition) is 6. The van der Waals surface area contributed by atoms with E-state index < -0.39 is 0 Å². The van der Waals surface area contributed by atoms with Gasteiger partial charge in [0.1, 0.15) is 13.2 Å². The van der Waals surface area contributed by atoms with Gasteiger partial charge in [0.25, 0.3) is 0 Å². The normalized spacial score (nSPS) is 11.1. The third kappa shape index (κ3) is 7.88. The van der Waals surface area contributed by atoms with Crippen LogP contribution < -0.4 is 0 Å². The largest absolute Gasteiger partial charge is 0.465 e. The topological polar surface area (TPSA) is 52.6 Å². The standard InChI is InChI=1S/C23H26O4S2/c1-5-17(4)23(25)27-15-19-10-12-21(29-19)20-11-9-18(28-20)8-6-7-13-26-22(24)14-16(2)3/h5,9-12,16H,7,13-15H2,1-4H3.